The Morgan fingerprint density at radius 2 is 1.89 bits per heavy atom. The van der Waals surface area contributed by atoms with Crippen molar-refractivity contribution in [3.8, 4) is 6.07 Å². The Balaban J connectivity index is 1.55. The van der Waals surface area contributed by atoms with Crippen LogP contribution in [0.15, 0.2) is 35.1 Å². The number of aldehydes is 1. The molecule has 2 saturated heterocycles. The fourth-order valence-electron chi connectivity index (χ4n) is 4.91. The summed E-state index contributed by atoms with van der Waals surface area (Å²) in [5.41, 5.74) is 1.65. The summed E-state index contributed by atoms with van der Waals surface area (Å²) in [6.07, 6.45) is 5.53. The van der Waals surface area contributed by atoms with E-state index >= 15 is 0 Å². The number of benzene rings is 1. The maximum absolute atomic E-state index is 13.8. The molecule has 0 spiro atoms. The number of likely N-dealkylation sites (tertiary alicyclic amines) is 1. The number of piperidine rings is 2. The SMILES string of the molecule is N#Cc1ccccc1Cn1c(N2CCCCC2)nc2cc(C(=O)N3CCC(C=O)CC3)sc2c1=O. The molecule has 2 aromatic heterocycles. The van der Waals surface area contributed by atoms with E-state index in [4.69, 9.17) is 4.98 Å². The Bertz CT molecular complexity index is 1360. The van der Waals surface area contributed by atoms with Gasteiger partial charge in [-0.1, -0.05) is 18.2 Å². The number of rotatable bonds is 5. The molecule has 2 aliphatic rings. The molecular weight excluding hydrogens is 462 g/mol. The van der Waals surface area contributed by atoms with Crippen LogP contribution in [0.3, 0.4) is 0 Å². The first-order valence-electron chi connectivity index (χ1n) is 12.1. The van der Waals surface area contributed by atoms with Crippen LogP contribution in [0.25, 0.3) is 10.2 Å². The van der Waals surface area contributed by atoms with Gasteiger partial charge < -0.3 is 14.6 Å². The highest BCUT2D eigenvalue weighted by molar-refractivity contribution is 7.20. The second-order valence-corrected chi connectivity index (χ2v) is 10.3. The molecule has 0 atom stereocenters. The number of thiophene rings is 1. The maximum Gasteiger partial charge on any atom is 0.273 e. The molecule has 1 amide bonds. The predicted octanol–water partition coefficient (Wildman–Crippen LogP) is 3.42. The molecule has 4 heterocycles. The first-order valence-corrected chi connectivity index (χ1v) is 12.9. The van der Waals surface area contributed by atoms with Gasteiger partial charge >= 0.3 is 0 Å². The van der Waals surface area contributed by atoms with Crippen LogP contribution in [0.1, 0.15) is 52.9 Å². The van der Waals surface area contributed by atoms with Gasteiger partial charge in [-0.3, -0.25) is 14.2 Å². The van der Waals surface area contributed by atoms with Crippen molar-refractivity contribution in [2.75, 3.05) is 31.1 Å². The van der Waals surface area contributed by atoms with E-state index in [0.29, 0.717) is 52.5 Å². The Labute approximate surface area is 207 Å². The third kappa shape index (κ3) is 4.58. The van der Waals surface area contributed by atoms with Gasteiger partial charge in [-0.2, -0.15) is 5.26 Å². The summed E-state index contributed by atoms with van der Waals surface area (Å²) in [5.74, 6) is 0.495. The van der Waals surface area contributed by atoms with Crippen LogP contribution >= 0.6 is 11.3 Å². The van der Waals surface area contributed by atoms with Crippen molar-refractivity contribution in [1.82, 2.24) is 14.5 Å². The second-order valence-electron chi connectivity index (χ2n) is 9.21. The lowest BCUT2D eigenvalue weighted by Gasteiger charge is -2.29. The van der Waals surface area contributed by atoms with Crippen molar-refractivity contribution in [2.45, 2.75) is 38.6 Å². The number of nitrogens with zero attached hydrogens (tertiary/aromatic N) is 5. The summed E-state index contributed by atoms with van der Waals surface area (Å²) in [7, 11) is 0. The highest BCUT2D eigenvalue weighted by Crippen LogP contribution is 2.28. The number of anilines is 1. The fourth-order valence-corrected chi connectivity index (χ4v) is 5.93. The first-order chi connectivity index (χ1) is 17.1. The quantitative estimate of drug-likeness (QED) is 0.509. The second kappa shape index (κ2) is 10.0. The molecule has 1 aromatic carbocycles. The molecule has 0 N–H and O–H groups in total. The van der Waals surface area contributed by atoms with Crippen LogP contribution < -0.4 is 10.5 Å². The van der Waals surface area contributed by atoms with Gasteiger partial charge in [-0.15, -0.1) is 11.3 Å². The van der Waals surface area contributed by atoms with Gasteiger partial charge in [-0.05, 0) is 49.8 Å². The number of carbonyl (C=O) groups is 2. The lowest BCUT2D eigenvalue weighted by Crippen LogP contribution is -2.38. The number of hydrogen-bond acceptors (Lipinski definition) is 7. The number of fused-ring (bicyclic) bond motifs is 1. The Kier molecular flexibility index (Phi) is 6.64. The monoisotopic (exact) mass is 489 g/mol. The van der Waals surface area contributed by atoms with Gasteiger partial charge in [0, 0.05) is 32.1 Å². The van der Waals surface area contributed by atoms with Crippen LogP contribution in [0.4, 0.5) is 5.95 Å². The molecule has 0 unspecified atom stereocenters. The Hall–Kier alpha value is -3.51. The van der Waals surface area contributed by atoms with E-state index < -0.39 is 0 Å². The number of nitriles is 1. The van der Waals surface area contributed by atoms with E-state index in [-0.39, 0.29) is 23.9 Å². The van der Waals surface area contributed by atoms with Crippen molar-refractivity contribution in [3.05, 3.63) is 56.7 Å². The number of amides is 1. The molecule has 2 fully saturated rings. The van der Waals surface area contributed by atoms with Crippen LogP contribution in [0.5, 0.6) is 0 Å². The summed E-state index contributed by atoms with van der Waals surface area (Å²) in [6, 6.07) is 11.2. The highest BCUT2D eigenvalue weighted by Gasteiger charge is 2.27. The molecule has 35 heavy (non-hydrogen) atoms. The minimum Gasteiger partial charge on any atom is -0.342 e. The summed E-state index contributed by atoms with van der Waals surface area (Å²) in [4.78, 5) is 47.3. The predicted molar refractivity (Wildman–Crippen MR) is 135 cm³/mol. The van der Waals surface area contributed by atoms with Gasteiger partial charge in [0.25, 0.3) is 11.5 Å². The normalized spacial score (nSPS) is 16.9. The maximum atomic E-state index is 13.8. The van der Waals surface area contributed by atoms with Gasteiger partial charge in [0.1, 0.15) is 11.0 Å². The van der Waals surface area contributed by atoms with E-state index in [1.54, 1.807) is 21.6 Å². The summed E-state index contributed by atoms with van der Waals surface area (Å²) in [6.45, 7) is 2.97. The van der Waals surface area contributed by atoms with E-state index in [1.807, 2.05) is 18.2 Å². The molecule has 0 saturated carbocycles. The van der Waals surface area contributed by atoms with Crippen LogP contribution in [-0.4, -0.2) is 52.8 Å². The van der Waals surface area contributed by atoms with Gasteiger partial charge in [0.15, 0.2) is 0 Å². The largest absolute Gasteiger partial charge is 0.342 e. The zero-order valence-electron chi connectivity index (χ0n) is 19.5. The van der Waals surface area contributed by atoms with E-state index in [0.717, 1.165) is 44.2 Å². The van der Waals surface area contributed by atoms with Gasteiger partial charge in [0.05, 0.1) is 28.6 Å². The molecular formula is C26H27N5O3S. The molecule has 8 nitrogen and oxygen atoms in total. The summed E-state index contributed by atoms with van der Waals surface area (Å²) in [5, 5.41) is 9.55. The summed E-state index contributed by atoms with van der Waals surface area (Å²) >= 11 is 1.18. The standard InChI is InChI=1S/C26H27N5O3S/c27-15-19-6-2-3-7-20(19)16-31-25(34)23-21(28-26(31)30-10-4-1-5-11-30)14-22(35-23)24(33)29-12-8-18(17-32)9-13-29/h2-3,6-7,14,17-18H,1,4-5,8-13,16H2. The van der Waals surface area contributed by atoms with Crippen molar-refractivity contribution in [1.29, 1.82) is 5.26 Å². The zero-order valence-corrected chi connectivity index (χ0v) is 20.3. The average molecular weight is 490 g/mol. The van der Waals surface area contributed by atoms with Crippen LogP contribution in [0.2, 0.25) is 0 Å². The van der Waals surface area contributed by atoms with Gasteiger partial charge in [0.2, 0.25) is 5.95 Å². The molecule has 9 heteroatoms. The average Bonchev–Trinajstić information content (AvgIpc) is 3.35. The topological polar surface area (TPSA) is 99.3 Å². The first kappa shape index (κ1) is 23.2. The van der Waals surface area contributed by atoms with Crippen LogP contribution in [0, 0.1) is 17.2 Å². The molecule has 0 bridgehead atoms. The van der Waals surface area contributed by atoms with Gasteiger partial charge in [-0.25, -0.2) is 4.98 Å². The van der Waals surface area contributed by atoms with E-state index in [2.05, 4.69) is 11.0 Å². The lowest BCUT2D eigenvalue weighted by atomic mass is 9.98. The van der Waals surface area contributed by atoms with Crippen molar-refractivity contribution >= 4 is 39.7 Å². The van der Waals surface area contributed by atoms with E-state index in [9.17, 15) is 19.6 Å². The molecule has 0 aliphatic carbocycles. The Morgan fingerprint density at radius 1 is 1.14 bits per heavy atom. The van der Waals surface area contributed by atoms with Crippen molar-refractivity contribution in [3.63, 3.8) is 0 Å². The van der Waals surface area contributed by atoms with E-state index in [1.165, 1.54) is 11.3 Å². The summed E-state index contributed by atoms with van der Waals surface area (Å²) < 4.78 is 2.11. The molecule has 3 aromatic rings. The van der Waals surface area contributed by atoms with Crippen molar-refractivity contribution < 1.29 is 9.59 Å². The molecule has 2 aliphatic heterocycles. The Morgan fingerprint density at radius 3 is 2.60 bits per heavy atom. The molecule has 5 rings (SSSR count). The molecule has 0 radical (unpaired) electrons. The minimum atomic E-state index is -0.188. The minimum absolute atomic E-state index is 0.0127. The number of hydrogen-bond donors (Lipinski definition) is 0. The van der Waals surface area contributed by atoms with Crippen LogP contribution in [-0.2, 0) is 11.3 Å². The zero-order chi connectivity index (χ0) is 24.4. The smallest absolute Gasteiger partial charge is 0.273 e. The number of aromatic nitrogens is 2. The fraction of sp³-hybridized carbons (Fsp3) is 0.423. The molecule has 180 valence electrons. The third-order valence-electron chi connectivity index (χ3n) is 6.95. The number of carbonyl (C=O) groups excluding carboxylic acids is 2. The third-order valence-corrected chi connectivity index (χ3v) is 8.05. The highest BCUT2D eigenvalue weighted by atomic mass is 32.1. The lowest BCUT2D eigenvalue weighted by molar-refractivity contribution is -0.112. The van der Waals surface area contributed by atoms with Crippen molar-refractivity contribution in [2.24, 2.45) is 5.92 Å².